The molecule has 77 valence electrons. The minimum absolute atomic E-state index is 0.237. The average Bonchev–Trinajstić information content (AvgIpc) is 2.25. The first-order valence-corrected chi connectivity index (χ1v) is 5.40. The van der Waals surface area contributed by atoms with Gasteiger partial charge in [0, 0.05) is 0 Å². The zero-order valence-corrected chi connectivity index (χ0v) is 9.07. The molecule has 1 radical (unpaired) electrons. The fourth-order valence-electron chi connectivity index (χ4n) is 1.46. The van der Waals surface area contributed by atoms with Gasteiger partial charge in [0.05, 0.1) is 12.7 Å². The third-order valence-corrected chi connectivity index (χ3v) is 2.15. The molecule has 0 saturated heterocycles. The molecule has 0 aliphatic heterocycles. The molecule has 1 atom stereocenters. The van der Waals surface area contributed by atoms with Crippen LogP contribution in [0.1, 0.15) is 44.8 Å². The third kappa shape index (κ3) is 3.51. The van der Waals surface area contributed by atoms with Crippen molar-refractivity contribution in [1.29, 1.82) is 0 Å². The van der Waals surface area contributed by atoms with Crippen molar-refractivity contribution in [3.05, 3.63) is 42.5 Å². The predicted molar refractivity (Wildman–Crippen MR) is 59.8 cm³/mol. The minimum Gasteiger partial charge on any atom is -0.368 e. The first-order valence-electron chi connectivity index (χ1n) is 5.40. The van der Waals surface area contributed by atoms with Crippen LogP contribution in [0.15, 0.2) is 30.3 Å². The van der Waals surface area contributed by atoms with E-state index in [1.807, 2.05) is 12.7 Å². The summed E-state index contributed by atoms with van der Waals surface area (Å²) in [5, 5.41) is 0. The van der Waals surface area contributed by atoms with Crippen LogP contribution in [0.3, 0.4) is 0 Å². The molecule has 0 amide bonds. The molecule has 0 spiro atoms. The molecule has 1 rings (SSSR count). The normalized spacial score (nSPS) is 12.7. The van der Waals surface area contributed by atoms with Gasteiger partial charge in [0.1, 0.15) is 0 Å². The van der Waals surface area contributed by atoms with Crippen LogP contribution < -0.4 is 0 Å². The lowest BCUT2D eigenvalue weighted by atomic mass is 10.1. The van der Waals surface area contributed by atoms with E-state index in [0.29, 0.717) is 0 Å². The van der Waals surface area contributed by atoms with Gasteiger partial charge in [0.2, 0.25) is 0 Å². The highest BCUT2D eigenvalue weighted by Crippen LogP contribution is 2.23. The maximum atomic E-state index is 5.69. The van der Waals surface area contributed by atoms with Crippen LogP contribution >= 0.6 is 0 Å². The average molecular weight is 191 g/mol. The first-order chi connectivity index (χ1) is 6.88. The maximum absolute atomic E-state index is 5.69. The Bertz CT molecular complexity index is 230. The van der Waals surface area contributed by atoms with Crippen molar-refractivity contribution >= 4 is 0 Å². The van der Waals surface area contributed by atoms with Crippen LogP contribution in [-0.2, 0) is 4.74 Å². The van der Waals surface area contributed by atoms with Gasteiger partial charge in [0.15, 0.2) is 0 Å². The van der Waals surface area contributed by atoms with Gasteiger partial charge in [-0.05, 0) is 18.4 Å². The number of benzene rings is 1. The van der Waals surface area contributed by atoms with Crippen LogP contribution in [0.2, 0.25) is 0 Å². The van der Waals surface area contributed by atoms with Gasteiger partial charge in [-0.25, -0.2) is 0 Å². The Morgan fingerprint density at radius 3 is 2.50 bits per heavy atom. The summed E-state index contributed by atoms with van der Waals surface area (Å²) in [6.07, 6.45) is 3.44. The van der Waals surface area contributed by atoms with Crippen molar-refractivity contribution in [2.45, 2.75) is 39.2 Å². The van der Waals surface area contributed by atoms with E-state index in [1.165, 1.54) is 5.56 Å². The van der Waals surface area contributed by atoms with E-state index in [9.17, 15) is 0 Å². The summed E-state index contributed by atoms with van der Waals surface area (Å²) >= 11 is 0. The number of hydrogen-bond acceptors (Lipinski definition) is 1. The van der Waals surface area contributed by atoms with Gasteiger partial charge in [0.25, 0.3) is 0 Å². The zero-order valence-electron chi connectivity index (χ0n) is 9.07. The molecule has 0 N–H and O–H groups in total. The quantitative estimate of drug-likeness (QED) is 0.657. The van der Waals surface area contributed by atoms with Crippen LogP contribution in [0.5, 0.6) is 0 Å². The fraction of sp³-hybridized carbons (Fsp3) is 0.462. The van der Waals surface area contributed by atoms with E-state index < -0.39 is 0 Å². The number of rotatable bonds is 6. The van der Waals surface area contributed by atoms with E-state index >= 15 is 0 Å². The molecular weight excluding hydrogens is 172 g/mol. The van der Waals surface area contributed by atoms with Crippen LogP contribution in [0.4, 0.5) is 0 Å². The predicted octanol–water partition coefficient (Wildman–Crippen LogP) is 4.12. The maximum Gasteiger partial charge on any atom is 0.0842 e. The lowest BCUT2D eigenvalue weighted by Gasteiger charge is -2.16. The molecule has 0 fully saturated rings. The summed E-state index contributed by atoms with van der Waals surface area (Å²) in [6, 6.07) is 10.4. The fourth-order valence-corrected chi connectivity index (χ4v) is 1.46. The highest BCUT2D eigenvalue weighted by Gasteiger charge is 2.09. The summed E-state index contributed by atoms with van der Waals surface area (Å²) in [6.45, 7) is 6.17. The second-order valence-electron chi connectivity index (χ2n) is 3.40. The summed E-state index contributed by atoms with van der Waals surface area (Å²) < 4.78 is 5.69. The van der Waals surface area contributed by atoms with E-state index in [4.69, 9.17) is 4.74 Å². The molecule has 1 aromatic carbocycles. The molecule has 1 aromatic rings. The van der Waals surface area contributed by atoms with Crippen molar-refractivity contribution in [3.63, 3.8) is 0 Å². The van der Waals surface area contributed by atoms with E-state index in [1.54, 1.807) is 0 Å². The molecule has 14 heavy (non-hydrogen) atoms. The molecular formula is C13H19O. The Hall–Kier alpha value is -0.820. The van der Waals surface area contributed by atoms with Crippen LogP contribution in [0, 0.1) is 6.61 Å². The summed E-state index contributed by atoms with van der Waals surface area (Å²) in [5.74, 6) is 0. The molecule has 0 bridgehead atoms. The molecule has 0 saturated carbocycles. The molecule has 1 nitrogen and oxygen atoms in total. The van der Waals surface area contributed by atoms with Crippen LogP contribution in [-0.4, -0.2) is 0 Å². The zero-order chi connectivity index (χ0) is 10.2. The van der Waals surface area contributed by atoms with Crippen LogP contribution in [0.25, 0.3) is 0 Å². The minimum atomic E-state index is 0.237. The second-order valence-corrected chi connectivity index (χ2v) is 3.40. The van der Waals surface area contributed by atoms with Gasteiger partial charge in [-0.3, -0.25) is 0 Å². The molecule has 1 unspecified atom stereocenters. The number of hydrogen-bond donors (Lipinski definition) is 0. The van der Waals surface area contributed by atoms with Gasteiger partial charge < -0.3 is 4.74 Å². The van der Waals surface area contributed by atoms with Crippen molar-refractivity contribution in [3.8, 4) is 0 Å². The monoisotopic (exact) mass is 191 g/mol. The Kier molecular flexibility index (Phi) is 5.31. The Balaban J connectivity index is 2.58. The standard InChI is InChI=1S/C13H19O/c1-3-8-13(14-11-4-2)12-9-6-5-7-10-12/h5-7,9-11,13H,3-4,8H2,1-2H3. The Morgan fingerprint density at radius 2 is 1.93 bits per heavy atom. The largest absolute Gasteiger partial charge is 0.368 e. The molecule has 0 aliphatic carbocycles. The van der Waals surface area contributed by atoms with Gasteiger partial charge in [-0.1, -0.05) is 50.6 Å². The second kappa shape index (κ2) is 6.61. The summed E-state index contributed by atoms with van der Waals surface area (Å²) in [4.78, 5) is 0. The summed E-state index contributed by atoms with van der Waals surface area (Å²) in [7, 11) is 0. The van der Waals surface area contributed by atoms with Gasteiger partial charge in [-0.2, -0.15) is 0 Å². The highest BCUT2D eigenvalue weighted by molar-refractivity contribution is 5.17. The van der Waals surface area contributed by atoms with E-state index in [0.717, 1.165) is 19.3 Å². The SMILES string of the molecule is CC[CH]OC(CCC)c1ccccc1. The van der Waals surface area contributed by atoms with Crippen molar-refractivity contribution in [1.82, 2.24) is 0 Å². The van der Waals surface area contributed by atoms with Crippen molar-refractivity contribution in [2.75, 3.05) is 0 Å². The lowest BCUT2D eigenvalue weighted by molar-refractivity contribution is 0.0942. The smallest absolute Gasteiger partial charge is 0.0842 e. The first kappa shape index (κ1) is 11.3. The van der Waals surface area contributed by atoms with Gasteiger partial charge >= 0.3 is 0 Å². The van der Waals surface area contributed by atoms with Gasteiger partial charge in [-0.15, -0.1) is 0 Å². The molecule has 1 heteroatoms. The van der Waals surface area contributed by atoms with Crippen molar-refractivity contribution < 1.29 is 4.74 Å². The molecule has 0 aliphatic rings. The Morgan fingerprint density at radius 1 is 1.21 bits per heavy atom. The Labute approximate surface area is 87.1 Å². The molecule has 0 heterocycles. The highest BCUT2D eigenvalue weighted by atomic mass is 16.5. The van der Waals surface area contributed by atoms with E-state index in [-0.39, 0.29) is 6.10 Å². The molecule has 0 aromatic heterocycles. The third-order valence-electron chi connectivity index (χ3n) is 2.15. The lowest BCUT2D eigenvalue weighted by Crippen LogP contribution is -2.01. The van der Waals surface area contributed by atoms with Crippen molar-refractivity contribution in [2.24, 2.45) is 0 Å². The van der Waals surface area contributed by atoms with E-state index in [2.05, 4.69) is 38.1 Å². The summed E-state index contributed by atoms with van der Waals surface area (Å²) in [5.41, 5.74) is 1.28. The topological polar surface area (TPSA) is 9.23 Å². The number of ether oxygens (including phenoxy) is 1.